The molecule has 2 aromatic rings. The number of halogens is 2. The molecule has 1 amide bonds. The quantitative estimate of drug-likeness (QED) is 0.763. The topological polar surface area (TPSA) is 64.6 Å². The van der Waals surface area contributed by atoms with Crippen molar-refractivity contribution in [1.82, 2.24) is 0 Å². The number of carbonyl (C=O) groups is 2. The summed E-state index contributed by atoms with van der Waals surface area (Å²) in [5, 5.41) is 2.30. The molecule has 0 heterocycles. The molecule has 0 spiro atoms. The number of rotatable bonds is 7. The minimum Gasteiger partial charge on any atom is -0.482 e. The Morgan fingerprint density at radius 1 is 1.04 bits per heavy atom. The maximum absolute atomic E-state index is 13.1. The lowest BCUT2D eigenvalue weighted by molar-refractivity contribution is -0.149. The highest BCUT2D eigenvalue weighted by Crippen LogP contribution is 2.25. The predicted octanol–water partition coefficient (Wildman–Crippen LogP) is 3.65. The fourth-order valence-electron chi connectivity index (χ4n) is 2.18. The Labute approximate surface area is 149 Å². The molecule has 5 nitrogen and oxygen atoms in total. The first-order chi connectivity index (χ1) is 12.4. The summed E-state index contributed by atoms with van der Waals surface area (Å²) in [5.74, 6) is -2.70. The Balaban J connectivity index is 1.79. The molecule has 1 N–H and O–H groups in total. The van der Waals surface area contributed by atoms with Gasteiger partial charge in [0.15, 0.2) is 24.8 Å². The molecule has 0 bridgehead atoms. The van der Waals surface area contributed by atoms with E-state index in [-0.39, 0.29) is 18.2 Å². The molecule has 0 aliphatic rings. The number of nitrogens with one attached hydrogen (secondary N) is 1. The Morgan fingerprint density at radius 3 is 2.46 bits per heavy atom. The molecule has 0 fully saturated rings. The van der Waals surface area contributed by atoms with Crippen molar-refractivity contribution >= 4 is 17.6 Å². The van der Waals surface area contributed by atoms with Gasteiger partial charge >= 0.3 is 5.97 Å². The molecular weight excluding hydrogens is 344 g/mol. The predicted molar refractivity (Wildman–Crippen MR) is 92.0 cm³/mol. The molecule has 2 aromatic carbocycles. The van der Waals surface area contributed by atoms with Gasteiger partial charge in [0.05, 0.1) is 0 Å². The lowest BCUT2D eigenvalue weighted by Gasteiger charge is -2.13. The number of anilines is 1. The van der Waals surface area contributed by atoms with Crippen molar-refractivity contribution in [2.24, 2.45) is 0 Å². The Kier molecular flexibility index (Phi) is 6.66. The molecule has 0 saturated carbocycles. The molecule has 2 rings (SSSR count). The zero-order chi connectivity index (χ0) is 19.1. The molecule has 138 valence electrons. The third-order valence-electron chi connectivity index (χ3n) is 3.45. The van der Waals surface area contributed by atoms with E-state index in [0.717, 1.165) is 17.7 Å². The van der Waals surface area contributed by atoms with Gasteiger partial charge in [-0.1, -0.05) is 32.0 Å². The fraction of sp³-hybridized carbons (Fsp3) is 0.263. The van der Waals surface area contributed by atoms with E-state index in [4.69, 9.17) is 9.47 Å². The SMILES string of the molecule is CC(C)c1ccccc1OCC(=O)OCC(=O)Nc1ccc(F)c(F)c1. The summed E-state index contributed by atoms with van der Waals surface area (Å²) in [6, 6.07) is 10.2. The number of carbonyl (C=O) groups excluding carboxylic acids is 2. The summed E-state index contributed by atoms with van der Waals surface area (Å²) in [7, 11) is 0. The number of esters is 1. The zero-order valence-corrected chi connectivity index (χ0v) is 14.4. The van der Waals surface area contributed by atoms with Crippen LogP contribution in [0.3, 0.4) is 0 Å². The van der Waals surface area contributed by atoms with Crippen LogP contribution in [0.5, 0.6) is 5.75 Å². The summed E-state index contributed by atoms with van der Waals surface area (Å²) in [6.07, 6.45) is 0. The molecule has 7 heteroatoms. The summed E-state index contributed by atoms with van der Waals surface area (Å²) < 4.78 is 36.1. The second kappa shape index (κ2) is 8.94. The van der Waals surface area contributed by atoms with Crippen molar-refractivity contribution in [1.29, 1.82) is 0 Å². The number of amides is 1. The molecule has 26 heavy (non-hydrogen) atoms. The van der Waals surface area contributed by atoms with Gasteiger partial charge in [-0.05, 0) is 29.7 Å². The van der Waals surface area contributed by atoms with Crippen molar-refractivity contribution in [2.75, 3.05) is 18.5 Å². The highest BCUT2D eigenvalue weighted by molar-refractivity contribution is 5.92. The van der Waals surface area contributed by atoms with Crippen LogP contribution in [-0.2, 0) is 14.3 Å². The van der Waals surface area contributed by atoms with E-state index in [1.54, 1.807) is 12.1 Å². The van der Waals surface area contributed by atoms with Gasteiger partial charge in [-0.15, -0.1) is 0 Å². The highest BCUT2D eigenvalue weighted by Gasteiger charge is 2.12. The first kappa shape index (κ1) is 19.4. The Morgan fingerprint density at radius 2 is 1.77 bits per heavy atom. The number of hydrogen-bond acceptors (Lipinski definition) is 4. The van der Waals surface area contributed by atoms with Crippen LogP contribution in [0.4, 0.5) is 14.5 Å². The van der Waals surface area contributed by atoms with E-state index < -0.39 is 30.1 Å². The number of benzene rings is 2. The van der Waals surface area contributed by atoms with Crippen LogP contribution in [-0.4, -0.2) is 25.1 Å². The first-order valence-corrected chi connectivity index (χ1v) is 7.99. The normalized spacial score (nSPS) is 10.5. The van der Waals surface area contributed by atoms with Gasteiger partial charge in [-0.3, -0.25) is 4.79 Å². The first-order valence-electron chi connectivity index (χ1n) is 7.99. The monoisotopic (exact) mass is 363 g/mol. The molecule has 0 aliphatic heterocycles. The number of para-hydroxylation sites is 1. The summed E-state index contributed by atoms with van der Waals surface area (Å²) in [4.78, 5) is 23.4. The number of ether oxygens (including phenoxy) is 2. The van der Waals surface area contributed by atoms with Gasteiger partial charge in [0.25, 0.3) is 5.91 Å². The van der Waals surface area contributed by atoms with Gasteiger partial charge in [0, 0.05) is 11.8 Å². The maximum atomic E-state index is 13.1. The van der Waals surface area contributed by atoms with Crippen LogP contribution >= 0.6 is 0 Å². The lowest BCUT2D eigenvalue weighted by Crippen LogP contribution is -2.23. The van der Waals surface area contributed by atoms with Crippen LogP contribution in [0.2, 0.25) is 0 Å². The molecule has 0 aromatic heterocycles. The van der Waals surface area contributed by atoms with E-state index in [0.29, 0.717) is 5.75 Å². The van der Waals surface area contributed by atoms with Crippen molar-refractivity contribution < 1.29 is 27.8 Å². The van der Waals surface area contributed by atoms with E-state index in [1.165, 1.54) is 6.07 Å². The van der Waals surface area contributed by atoms with Gasteiger partial charge < -0.3 is 14.8 Å². The van der Waals surface area contributed by atoms with Crippen LogP contribution in [0.25, 0.3) is 0 Å². The minimum atomic E-state index is -1.09. The maximum Gasteiger partial charge on any atom is 0.344 e. The van der Waals surface area contributed by atoms with Gasteiger partial charge in [-0.25, -0.2) is 13.6 Å². The third kappa shape index (κ3) is 5.54. The molecule has 0 saturated heterocycles. The highest BCUT2D eigenvalue weighted by atomic mass is 19.2. The number of hydrogen-bond donors (Lipinski definition) is 1. The zero-order valence-electron chi connectivity index (χ0n) is 14.4. The van der Waals surface area contributed by atoms with Crippen LogP contribution in [0, 0.1) is 11.6 Å². The smallest absolute Gasteiger partial charge is 0.344 e. The van der Waals surface area contributed by atoms with Gasteiger partial charge in [-0.2, -0.15) is 0 Å². The largest absolute Gasteiger partial charge is 0.482 e. The van der Waals surface area contributed by atoms with E-state index in [2.05, 4.69) is 5.32 Å². The minimum absolute atomic E-state index is 0.0621. The summed E-state index contributed by atoms with van der Waals surface area (Å²) >= 11 is 0. The van der Waals surface area contributed by atoms with Crippen LogP contribution in [0.15, 0.2) is 42.5 Å². The Hall–Kier alpha value is -2.96. The van der Waals surface area contributed by atoms with Crippen molar-refractivity contribution in [3.8, 4) is 5.75 Å². The average Bonchev–Trinajstić information content (AvgIpc) is 2.61. The van der Waals surface area contributed by atoms with Gasteiger partial charge in [0.2, 0.25) is 0 Å². The Bertz CT molecular complexity index is 793. The molecule has 0 unspecified atom stereocenters. The third-order valence-corrected chi connectivity index (χ3v) is 3.45. The van der Waals surface area contributed by atoms with Crippen molar-refractivity contribution in [3.05, 3.63) is 59.7 Å². The second-order valence-electron chi connectivity index (χ2n) is 5.82. The van der Waals surface area contributed by atoms with Crippen LogP contribution in [0.1, 0.15) is 25.3 Å². The van der Waals surface area contributed by atoms with E-state index in [1.807, 2.05) is 26.0 Å². The average molecular weight is 363 g/mol. The molecule has 0 radical (unpaired) electrons. The van der Waals surface area contributed by atoms with Crippen molar-refractivity contribution in [3.63, 3.8) is 0 Å². The second-order valence-corrected chi connectivity index (χ2v) is 5.82. The molecule has 0 aliphatic carbocycles. The fourth-order valence-corrected chi connectivity index (χ4v) is 2.18. The van der Waals surface area contributed by atoms with E-state index in [9.17, 15) is 18.4 Å². The van der Waals surface area contributed by atoms with Gasteiger partial charge in [0.1, 0.15) is 5.75 Å². The molecule has 0 atom stereocenters. The standard InChI is InChI=1S/C19H19F2NO4/c1-12(2)14-5-3-4-6-17(14)25-11-19(24)26-10-18(23)22-13-7-8-15(20)16(21)9-13/h3-9,12H,10-11H2,1-2H3,(H,22,23). The lowest BCUT2D eigenvalue weighted by atomic mass is 10.0. The van der Waals surface area contributed by atoms with Crippen LogP contribution < -0.4 is 10.1 Å². The summed E-state index contributed by atoms with van der Waals surface area (Å²) in [6.45, 7) is 3.10. The van der Waals surface area contributed by atoms with Crippen molar-refractivity contribution in [2.45, 2.75) is 19.8 Å². The van der Waals surface area contributed by atoms with E-state index >= 15 is 0 Å². The summed E-state index contributed by atoms with van der Waals surface area (Å²) in [5.41, 5.74) is 1.02. The molecular formula is C19H19F2NO4.